The van der Waals surface area contributed by atoms with Gasteiger partial charge in [-0.2, -0.15) is 0 Å². The maximum Gasteiger partial charge on any atom is 0.332 e. The molecule has 0 aromatic carbocycles. The van der Waals surface area contributed by atoms with E-state index in [1.807, 2.05) is 0 Å². The van der Waals surface area contributed by atoms with Crippen LogP contribution in [0.25, 0.3) is 0 Å². The van der Waals surface area contributed by atoms with Crippen LogP contribution in [0.2, 0.25) is 0 Å². The Morgan fingerprint density at radius 3 is 2.55 bits per heavy atom. The molecule has 0 fully saturated rings. The van der Waals surface area contributed by atoms with Crippen molar-refractivity contribution in [3.8, 4) is 0 Å². The summed E-state index contributed by atoms with van der Waals surface area (Å²) in [5.74, 6) is -0.577. The molecule has 0 heterocycles. The van der Waals surface area contributed by atoms with E-state index in [0.29, 0.717) is 0 Å². The fraction of sp³-hybridized carbons (Fsp3) is 0.500. The highest BCUT2D eigenvalue weighted by molar-refractivity contribution is 6.43. The molecule has 0 N–H and O–H groups in total. The van der Waals surface area contributed by atoms with Gasteiger partial charge in [0.15, 0.2) is 0 Å². The third-order valence-electron chi connectivity index (χ3n) is 0.743. The Hall–Kier alpha value is -0.250. The van der Waals surface area contributed by atoms with Crippen molar-refractivity contribution in [1.29, 1.82) is 0 Å². The quantitative estimate of drug-likeness (QED) is 0.300. The molecule has 0 bridgehead atoms. The van der Waals surface area contributed by atoms with Gasteiger partial charge >= 0.3 is 5.97 Å². The van der Waals surface area contributed by atoms with Gasteiger partial charge in [0, 0.05) is 6.08 Å². The molecule has 0 amide bonds. The van der Waals surface area contributed by atoms with Crippen molar-refractivity contribution in [3.05, 3.63) is 12.7 Å². The number of esters is 1. The molecule has 64 valence electrons. The first-order valence-corrected chi connectivity index (χ1v) is 3.70. The Morgan fingerprint density at radius 2 is 2.18 bits per heavy atom. The maximum atomic E-state index is 10.5. The van der Waals surface area contributed by atoms with Crippen molar-refractivity contribution in [2.75, 3.05) is 0 Å². The van der Waals surface area contributed by atoms with Gasteiger partial charge in [-0.3, -0.25) is 0 Å². The summed E-state index contributed by atoms with van der Waals surface area (Å²) in [5.41, 5.74) is 0. The number of hydrogen-bond acceptors (Lipinski definition) is 3. The number of alkyl halides is 2. The molecule has 11 heavy (non-hydrogen) atoms. The normalized spacial score (nSPS) is 12.7. The predicted octanol–water partition coefficient (Wildman–Crippen LogP) is 1.84. The highest BCUT2D eigenvalue weighted by atomic mass is 35.5. The molecule has 0 saturated heterocycles. The zero-order valence-corrected chi connectivity index (χ0v) is 7.43. The monoisotopic (exact) mass is 198 g/mol. The topological polar surface area (TPSA) is 35.5 Å². The highest BCUT2D eigenvalue weighted by Crippen LogP contribution is 2.07. The minimum atomic E-state index is -0.998. The van der Waals surface area contributed by atoms with E-state index < -0.39 is 17.3 Å². The van der Waals surface area contributed by atoms with Crippen LogP contribution in [0.15, 0.2) is 12.7 Å². The van der Waals surface area contributed by atoms with Crippen LogP contribution in [-0.4, -0.2) is 17.3 Å². The van der Waals surface area contributed by atoms with Gasteiger partial charge in [0.25, 0.3) is 0 Å². The molecule has 1 atom stereocenters. The standard InChI is InChI=1S/C6H8Cl2O3/c1-3-5(9)10-4(2)11-6(7)8/h3-4,6H,1H2,2H3. The van der Waals surface area contributed by atoms with Gasteiger partial charge in [0.2, 0.25) is 11.3 Å². The Kier molecular flexibility index (Phi) is 5.28. The van der Waals surface area contributed by atoms with Gasteiger partial charge in [-0.05, 0) is 6.92 Å². The summed E-state index contributed by atoms with van der Waals surface area (Å²) in [6.45, 7) is 4.70. The van der Waals surface area contributed by atoms with Crippen LogP contribution in [0, 0.1) is 0 Å². The predicted molar refractivity (Wildman–Crippen MR) is 42.3 cm³/mol. The van der Waals surface area contributed by atoms with E-state index in [1.165, 1.54) is 6.92 Å². The van der Waals surface area contributed by atoms with E-state index in [9.17, 15) is 4.79 Å². The molecule has 0 radical (unpaired) electrons. The lowest BCUT2D eigenvalue weighted by Gasteiger charge is -2.12. The fourth-order valence-corrected chi connectivity index (χ4v) is 0.674. The summed E-state index contributed by atoms with van der Waals surface area (Å²) in [7, 11) is 0. The molecule has 3 nitrogen and oxygen atoms in total. The van der Waals surface area contributed by atoms with Crippen LogP contribution in [0.3, 0.4) is 0 Å². The summed E-state index contributed by atoms with van der Waals surface area (Å²) in [6.07, 6.45) is 0.262. The average Bonchev–Trinajstić information content (AvgIpc) is 1.85. The van der Waals surface area contributed by atoms with E-state index in [-0.39, 0.29) is 0 Å². The summed E-state index contributed by atoms with van der Waals surface area (Å²) in [5, 5.41) is -0.998. The molecule has 0 aliphatic heterocycles. The first kappa shape index (κ1) is 10.8. The molecule has 0 aromatic heterocycles. The largest absolute Gasteiger partial charge is 0.433 e. The van der Waals surface area contributed by atoms with Crippen LogP contribution >= 0.6 is 23.2 Å². The van der Waals surface area contributed by atoms with Crippen molar-refractivity contribution in [3.63, 3.8) is 0 Å². The molecule has 0 aliphatic carbocycles. The zero-order chi connectivity index (χ0) is 8.85. The van der Waals surface area contributed by atoms with Crippen molar-refractivity contribution in [2.45, 2.75) is 18.2 Å². The fourth-order valence-electron chi connectivity index (χ4n) is 0.384. The van der Waals surface area contributed by atoms with Gasteiger partial charge in [0.1, 0.15) is 0 Å². The highest BCUT2D eigenvalue weighted by Gasteiger charge is 2.09. The third kappa shape index (κ3) is 6.16. The van der Waals surface area contributed by atoms with E-state index in [4.69, 9.17) is 23.2 Å². The van der Waals surface area contributed by atoms with Crippen LogP contribution in [0.4, 0.5) is 0 Å². The first-order chi connectivity index (χ1) is 5.06. The van der Waals surface area contributed by atoms with Crippen LogP contribution in [-0.2, 0) is 14.3 Å². The lowest BCUT2D eigenvalue weighted by atomic mass is 10.6. The van der Waals surface area contributed by atoms with E-state index in [0.717, 1.165) is 6.08 Å². The van der Waals surface area contributed by atoms with E-state index >= 15 is 0 Å². The summed E-state index contributed by atoms with van der Waals surface area (Å²) >= 11 is 10.5. The van der Waals surface area contributed by atoms with Crippen molar-refractivity contribution in [2.24, 2.45) is 0 Å². The van der Waals surface area contributed by atoms with Crippen LogP contribution in [0.5, 0.6) is 0 Å². The van der Waals surface area contributed by atoms with Crippen molar-refractivity contribution >= 4 is 29.2 Å². The van der Waals surface area contributed by atoms with E-state index in [2.05, 4.69) is 16.1 Å². The number of carbonyl (C=O) groups excluding carboxylic acids is 1. The summed E-state index contributed by atoms with van der Waals surface area (Å²) in [4.78, 5) is 10.5. The first-order valence-electron chi connectivity index (χ1n) is 2.83. The van der Waals surface area contributed by atoms with Gasteiger partial charge in [-0.1, -0.05) is 29.8 Å². The lowest BCUT2D eigenvalue weighted by molar-refractivity contribution is -0.167. The molecule has 0 rings (SSSR count). The molecule has 1 unspecified atom stereocenters. The van der Waals surface area contributed by atoms with Crippen LogP contribution in [0.1, 0.15) is 6.92 Å². The van der Waals surface area contributed by atoms with Crippen molar-refractivity contribution in [1.82, 2.24) is 0 Å². The number of rotatable bonds is 4. The van der Waals surface area contributed by atoms with Gasteiger partial charge in [-0.25, -0.2) is 4.79 Å². The molecule has 0 aliphatic rings. The number of hydrogen-bond donors (Lipinski definition) is 0. The number of halogens is 2. The minimum Gasteiger partial charge on any atom is -0.433 e. The third-order valence-corrected chi connectivity index (χ3v) is 0.949. The minimum absolute atomic E-state index is 0.577. The second-order valence-electron chi connectivity index (χ2n) is 1.61. The Balaban J connectivity index is 3.59. The van der Waals surface area contributed by atoms with Gasteiger partial charge in [-0.15, -0.1) is 0 Å². The molecule has 0 saturated carbocycles. The lowest BCUT2D eigenvalue weighted by Crippen LogP contribution is -2.18. The van der Waals surface area contributed by atoms with Crippen LogP contribution < -0.4 is 0 Å². The second kappa shape index (κ2) is 5.41. The van der Waals surface area contributed by atoms with Gasteiger partial charge in [0.05, 0.1) is 0 Å². The zero-order valence-electron chi connectivity index (χ0n) is 5.92. The van der Waals surface area contributed by atoms with Crippen molar-refractivity contribution < 1.29 is 14.3 Å². The summed E-state index contributed by atoms with van der Waals surface area (Å²) < 4.78 is 9.22. The average molecular weight is 199 g/mol. The molecular weight excluding hydrogens is 191 g/mol. The Labute approximate surface area is 74.9 Å². The maximum absolute atomic E-state index is 10.5. The molecule has 0 aromatic rings. The smallest absolute Gasteiger partial charge is 0.332 e. The summed E-state index contributed by atoms with van der Waals surface area (Å²) in [6, 6.07) is 0. The van der Waals surface area contributed by atoms with E-state index in [1.54, 1.807) is 0 Å². The Bertz CT molecular complexity index is 147. The second-order valence-corrected chi connectivity index (χ2v) is 2.62. The van der Waals surface area contributed by atoms with Gasteiger partial charge < -0.3 is 9.47 Å². The number of ether oxygens (including phenoxy) is 2. The Morgan fingerprint density at radius 1 is 1.64 bits per heavy atom. The molecule has 0 spiro atoms. The number of carbonyl (C=O) groups is 1. The SMILES string of the molecule is C=CC(=O)OC(C)OC(Cl)Cl. The molecular formula is C6H8Cl2O3. The molecule has 5 heteroatoms.